The monoisotopic (exact) mass is 520 g/mol. The number of hydrogen-bond donors (Lipinski definition) is 1. The molecule has 2 aliphatic carbocycles. The number of aryl methyl sites for hydroxylation is 1. The van der Waals surface area contributed by atoms with E-state index in [1.165, 1.54) is 6.42 Å². The summed E-state index contributed by atoms with van der Waals surface area (Å²) in [5.74, 6) is -0.0584. The molecule has 1 N–H and O–H groups in total. The van der Waals surface area contributed by atoms with Gasteiger partial charge in [-0.2, -0.15) is 0 Å². The van der Waals surface area contributed by atoms with Gasteiger partial charge >= 0.3 is 11.9 Å². The number of rotatable bonds is 5. The zero-order valence-corrected chi connectivity index (χ0v) is 22.8. The fraction of sp³-hybridized carbons (Fsp3) is 0.625. The van der Waals surface area contributed by atoms with Gasteiger partial charge in [0.2, 0.25) is 0 Å². The van der Waals surface area contributed by atoms with Crippen LogP contribution in [0, 0.1) is 30.6 Å². The fourth-order valence-corrected chi connectivity index (χ4v) is 8.66. The second kappa shape index (κ2) is 9.63. The molecule has 7 atom stereocenters. The van der Waals surface area contributed by atoms with Crippen molar-refractivity contribution in [3.05, 3.63) is 47.5 Å². The number of fused-ring (bicyclic) bond motifs is 5. The maximum atomic E-state index is 14.0. The van der Waals surface area contributed by atoms with Gasteiger partial charge in [-0.3, -0.25) is 0 Å². The minimum atomic E-state index is -0.699. The largest absolute Gasteiger partial charge is 0.457 e. The van der Waals surface area contributed by atoms with Gasteiger partial charge in [-0.25, -0.2) is 9.59 Å². The minimum absolute atomic E-state index is 0.115. The van der Waals surface area contributed by atoms with Gasteiger partial charge in [0.15, 0.2) is 0 Å². The van der Waals surface area contributed by atoms with E-state index in [1.807, 2.05) is 37.3 Å². The van der Waals surface area contributed by atoms with Crippen molar-refractivity contribution >= 4 is 22.7 Å². The van der Waals surface area contributed by atoms with Crippen LogP contribution in [-0.4, -0.2) is 47.1 Å². The summed E-state index contributed by atoms with van der Waals surface area (Å²) in [5.41, 5.74) is 0.174. The lowest BCUT2D eigenvalue weighted by Crippen LogP contribution is -2.63. The third kappa shape index (κ3) is 3.90. The highest BCUT2D eigenvalue weighted by Crippen LogP contribution is 2.64. The predicted octanol–water partition coefficient (Wildman–Crippen LogP) is 5.75. The van der Waals surface area contributed by atoms with Gasteiger partial charge in [-0.15, -0.1) is 0 Å². The minimum Gasteiger partial charge on any atom is -0.457 e. The van der Waals surface area contributed by atoms with Crippen LogP contribution in [0.2, 0.25) is 0 Å². The molecule has 0 amide bonds. The maximum Gasteiger partial charge on any atom is 0.338 e. The van der Waals surface area contributed by atoms with Crippen molar-refractivity contribution in [1.29, 1.82) is 0 Å². The first-order valence-electron chi connectivity index (χ1n) is 14.5. The van der Waals surface area contributed by atoms with Crippen LogP contribution in [0.15, 0.2) is 36.4 Å². The molecule has 4 aliphatic rings. The number of hydrogen-bond acceptors (Lipinski definition) is 6. The highest BCUT2D eigenvalue weighted by atomic mass is 16.6. The molecule has 2 saturated carbocycles. The predicted molar refractivity (Wildman–Crippen MR) is 144 cm³/mol. The van der Waals surface area contributed by atoms with E-state index in [0.717, 1.165) is 54.9 Å². The molecule has 2 saturated heterocycles. The zero-order chi connectivity index (χ0) is 26.7. The topological polar surface area (TPSA) is 82.1 Å². The van der Waals surface area contributed by atoms with Gasteiger partial charge in [0.25, 0.3) is 0 Å². The molecular formula is C32H40O6. The van der Waals surface area contributed by atoms with Crippen LogP contribution >= 0.6 is 0 Å². The van der Waals surface area contributed by atoms with Gasteiger partial charge in [-0.1, -0.05) is 56.5 Å². The van der Waals surface area contributed by atoms with Gasteiger partial charge < -0.3 is 19.3 Å². The normalized spacial score (nSPS) is 36.7. The molecule has 2 bridgehead atoms. The number of carbonyl (C=O) groups is 2. The quantitative estimate of drug-likeness (QED) is 0.506. The number of benzene rings is 2. The summed E-state index contributed by atoms with van der Waals surface area (Å²) in [6, 6.07) is 12.0. The molecule has 204 valence electrons. The van der Waals surface area contributed by atoms with Crippen molar-refractivity contribution in [3.63, 3.8) is 0 Å². The molecule has 2 unspecified atom stereocenters. The van der Waals surface area contributed by atoms with Gasteiger partial charge in [-0.05, 0) is 79.7 Å². The van der Waals surface area contributed by atoms with Crippen LogP contribution in [0.5, 0.6) is 0 Å². The molecule has 0 spiro atoms. The molecule has 2 aromatic carbocycles. The number of esters is 2. The molecule has 6 nitrogen and oxygen atoms in total. The van der Waals surface area contributed by atoms with E-state index in [0.29, 0.717) is 17.9 Å². The van der Waals surface area contributed by atoms with E-state index in [-0.39, 0.29) is 23.7 Å². The molecule has 2 aromatic rings. The number of aliphatic hydroxyl groups is 1. The maximum absolute atomic E-state index is 14.0. The standard InChI is InChI=1S/C32H40O6/c1-19-13-16-25-28(19)29(37-30(35)24-15-14-21-9-7-8-12-23(21)20(24)2)32(22-10-5-4-6-11-22)17-26(31(25,3)38-32)36-27(34)18-33/h7-9,12,14-15,19,22,25-26,28-29,33H,4-6,10-11,13,16-18H2,1-3H3/t19?,25-,26-,28?,29+,31+,32-/m1/s1. The Kier molecular flexibility index (Phi) is 6.55. The molecule has 2 heterocycles. The van der Waals surface area contributed by atoms with Crippen molar-refractivity contribution in [2.75, 3.05) is 6.61 Å². The summed E-state index contributed by atoms with van der Waals surface area (Å²) in [4.78, 5) is 26.3. The number of aliphatic hydroxyl groups excluding tert-OH is 1. The van der Waals surface area contributed by atoms with Gasteiger partial charge in [0.1, 0.15) is 30.0 Å². The first kappa shape index (κ1) is 25.8. The van der Waals surface area contributed by atoms with Crippen LogP contribution < -0.4 is 0 Å². The van der Waals surface area contributed by atoms with Crippen LogP contribution in [0.4, 0.5) is 0 Å². The summed E-state index contributed by atoms with van der Waals surface area (Å²) in [5, 5.41) is 11.6. The van der Waals surface area contributed by atoms with Crippen LogP contribution in [0.25, 0.3) is 10.8 Å². The molecule has 2 aliphatic heterocycles. The second-order valence-electron chi connectivity index (χ2n) is 12.4. The average Bonchev–Trinajstić information content (AvgIpc) is 3.44. The third-order valence-corrected chi connectivity index (χ3v) is 10.5. The smallest absolute Gasteiger partial charge is 0.338 e. The Hall–Kier alpha value is -2.44. The van der Waals surface area contributed by atoms with Gasteiger partial charge in [0.05, 0.1) is 5.56 Å². The molecular weight excluding hydrogens is 480 g/mol. The average molecular weight is 521 g/mol. The van der Waals surface area contributed by atoms with Crippen molar-refractivity contribution < 1.29 is 28.9 Å². The fourth-order valence-electron chi connectivity index (χ4n) is 8.66. The first-order valence-corrected chi connectivity index (χ1v) is 14.5. The highest BCUT2D eigenvalue weighted by molar-refractivity contribution is 5.98. The summed E-state index contributed by atoms with van der Waals surface area (Å²) in [6.07, 6.45) is 7.10. The lowest BCUT2D eigenvalue weighted by molar-refractivity contribution is -0.265. The summed E-state index contributed by atoms with van der Waals surface area (Å²) < 4.78 is 19.7. The molecule has 4 fully saturated rings. The Morgan fingerprint density at radius 1 is 1.03 bits per heavy atom. The lowest BCUT2D eigenvalue weighted by atomic mass is 9.66. The first-order chi connectivity index (χ1) is 18.3. The van der Waals surface area contributed by atoms with E-state index in [1.54, 1.807) is 0 Å². The van der Waals surface area contributed by atoms with Crippen molar-refractivity contribution in [2.45, 2.75) is 95.5 Å². The Balaban J connectivity index is 1.42. The van der Waals surface area contributed by atoms with E-state index in [2.05, 4.69) is 19.9 Å². The summed E-state index contributed by atoms with van der Waals surface area (Å²) in [6.45, 7) is 5.71. The zero-order valence-electron chi connectivity index (χ0n) is 22.8. The summed E-state index contributed by atoms with van der Waals surface area (Å²) >= 11 is 0. The molecule has 6 rings (SSSR count). The second-order valence-corrected chi connectivity index (χ2v) is 12.4. The number of ether oxygens (including phenoxy) is 3. The Morgan fingerprint density at radius 2 is 1.79 bits per heavy atom. The van der Waals surface area contributed by atoms with E-state index in [9.17, 15) is 14.7 Å². The lowest BCUT2D eigenvalue weighted by Gasteiger charge is -2.54. The van der Waals surface area contributed by atoms with E-state index < -0.39 is 36.0 Å². The van der Waals surface area contributed by atoms with E-state index >= 15 is 0 Å². The Morgan fingerprint density at radius 3 is 2.55 bits per heavy atom. The van der Waals surface area contributed by atoms with Crippen LogP contribution in [-0.2, 0) is 19.0 Å². The molecule has 38 heavy (non-hydrogen) atoms. The summed E-state index contributed by atoms with van der Waals surface area (Å²) in [7, 11) is 0. The SMILES string of the molecule is Cc1c(C(=O)O[C@H]2C3C(C)CC[C@H]3[C@]3(C)O[C@@]2(C2CCCCC2)C[C@H]3OC(=O)CO)ccc2ccccc12. The van der Waals surface area contributed by atoms with Crippen LogP contribution in [0.3, 0.4) is 0 Å². The van der Waals surface area contributed by atoms with Crippen LogP contribution in [0.1, 0.15) is 81.1 Å². The Bertz CT molecular complexity index is 1230. The van der Waals surface area contributed by atoms with Crippen molar-refractivity contribution in [1.82, 2.24) is 0 Å². The molecule has 0 radical (unpaired) electrons. The molecule has 6 heteroatoms. The molecule has 0 aromatic heterocycles. The van der Waals surface area contributed by atoms with E-state index in [4.69, 9.17) is 14.2 Å². The number of carbonyl (C=O) groups excluding carboxylic acids is 2. The third-order valence-electron chi connectivity index (χ3n) is 10.5. The van der Waals surface area contributed by atoms with Crippen molar-refractivity contribution in [2.24, 2.45) is 23.7 Å². The van der Waals surface area contributed by atoms with Crippen molar-refractivity contribution in [3.8, 4) is 0 Å². The highest BCUT2D eigenvalue weighted by Gasteiger charge is 2.73. The van der Waals surface area contributed by atoms with Gasteiger partial charge in [0, 0.05) is 12.3 Å². The Labute approximate surface area is 225 Å².